The van der Waals surface area contributed by atoms with Crippen LogP contribution in [0.5, 0.6) is 0 Å². The van der Waals surface area contributed by atoms with E-state index in [-0.39, 0.29) is 23.8 Å². The number of imidazole rings is 1. The lowest BCUT2D eigenvalue weighted by atomic mass is 9.87. The number of hydrogen-bond acceptors (Lipinski definition) is 4. The summed E-state index contributed by atoms with van der Waals surface area (Å²) in [6.45, 7) is 2.91. The van der Waals surface area contributed by atoms with Crippen LogP contribution < -0.4 is 0 Å². The third-order valence-corrected chi connectivity index (χ3v) is 6.61. The average Bonchev–Trinajstić information content (AvgIpc) is 3.24. The van der Waals surface area contributed by atoms with Crippen molar-refractivity contribution in [3.63, 3.8) is 0 Å². The minimum atomic E-state index is -0.0872. The first-order valence-corrected chi connectivity index (χ1v) is 11.3. The summed E-state index contributed by atoms with van der Waals surface area (Å²) in [5, 5.41) is 0. The molecule has 7 nitrogen and oxygen atoms in total. The van der Waals surface area contributed by atoms with Gasteiger partial charge in [-0.2, -0.15) is 0 Å². The maximum atomic E-state index is 13.5. The van der Waals surface area contributed by atoms with Gasteiger partial charge in [-0.1, -0.05) is 18.2 Å². The molecule has 1 fully saturated rings. The quantitative estimate of drug-likeness (QED) is 0.640. The van der Waals surface area contributed by atoms with E-state index in [0.29, 0.717) is 30.8 Å². The molecule has 0 radical (unpaired) electrons. The Kier molecular flexibility index (Phi) is 5.71. The van der Waals surface area contributed by atoms with Gasteiger partial charge in [-0.25, -0.2) is 4.98 Å². The number of amides is 2. The number of carbonyl (C=O) groups excluding carboxylic acids is 2. The minimum absolute atomic E-state index is 0.0242. The number of nitrogens with zero attached hydrogens (tertiary/aromatic N) is 5. The van der Waals surface area contributed by atoms with Gasteiger partial charge in [0.05, 0.1) is 11.6 Å². The number of hydrogen-bond donors (Lipinski definition) is 0. The van der Waals surface area contributed by atoms with Gasteiger partial charge in [-0.15, -0.1) is 0 Å². The van der Waals surface area contributed by atoms with Crippen LogP contribution in [0.15, 0.2) is 67.3 Å². The first-order chi connectivity index (χ1) is 15.7. The average molecular weight is 430 g/mol. The predicted octanol–water partition coefficient (Wildman–Crippen LogP) is 3.42. The molecule has 0 N–H and O–H groups in total. The Morgan fingerprint density at radius 3 is 2.38 bits per heavy atom. The van der Waals surface area contributed by atoms with Gasteiger partial charge in [-0.3, -0.25) is 14.6 Å². The van der Waals surface area contributed by atoms with Crippen LogP contribution in [-0.2, 0) is 6.54 Å². The minimum Gasteiger partial charge on any atom is -0.339 e. The standard InChI is InChI=1S/C25H27N5O2/c31-24(21-8-4-11-26-18-21)29-15-9-19(10-16-29)22-23-27-12-17-28(23)13-5-14-30(22)25(32)20-6-2-1-3-7-20/h1-4,6-8,11-12,17-19,22H,5,9-10,13-16H2. The maximum Gasteiger partial charge on any atom is 0.255 e. The fourth-order valence-electron chi connectivity index (χ4n) is 5.00. The zero-order valence-electron chi connectivity index (χ0n) is 18.0. The topological polar surface area (TPSA) is 71.3 Å². The molecule has 1 unspecified atom stereocenters. The van der Waals surface area contributed by atoms with Crippen LogP contribution in [0.4, 0.5) is 0 Å². The van der Waals surface area contributed by atoms with Crippen LogP contribution in [-0.4, -0.2) is 55.8 Å². The highest BCUT2D eigenvalue weighted by Crippen LogP contribution is 2.37. The largest absolute Gasteiger partial charge is 0.339 e. The van der Waals surface area contributed by atoms with Gasteiger partial charge in [0.25, 0.3) is 11.8 Å². The molecule has 0 aliphatic carbocycles. The van der Waals surface area contributed by atoms with Crippen LogP contribution in [0.1, 0.15) is 51.8 Å². The zero-order chi connectivity index (χ0) is 21.9. The van der Waals surface area contributed by atoms with E-state index in [0.717, 1.165) is 31.6 Å². The number of likely N-dealkylation sites (tertiary alicyclic amines) is 1. The molecule has 0 saturated carbocycles. The molecule has 1 saturated heterocycles. The Balaban J connectivity index is 1.38. The molecule has 0 spiro atoms. The van der Waals surface area contributed by atoms with Gasteiger partial charge in [0.1, 0.15) is 5.82 Å². The van der Waals surface area contributed by atoms with E-state index in [2.05, 4.69) is 14.5 Å². The molecule has 4 heterocycles. The number of rotatable bonds is 3. The van der Waals surface area contributed by atoms with E-state index in [1.165, 1.54) is 0 Å². The number of piperidine rings is 1. The fraction of sp³-hybridized carbons (Fsp3) is 0.360. The van der Waals surface area contributed by atoms with Crippen molar-refractivity contribution in [2.24, 2.45) is 5.92 Å². The summed E-state index contributed by atoms with van der Waals surface area (Å²) in [6, 6.07) is 13.0. The summed E-state index contributed by atoms with van der Waals surface area (Å²) in [4.78, 5) is 39.0. The molecule has 3 aromatic rings. The van der Waals surface area contributed by atoms with E-state index in [1.807, 2.05) is 58.6 Å². The van der Waals surface area contributed by atoms with E-state index >= 15 is 0 Å². The second-order valence-electron chi connectivity index (χ2n) is 8.51. The molecule has 32 heavy (non-hydrogen) atoms. The Labute approximate surface area is 187 Å². The van der Waals surface area contributed by atoms with Gasteiger partial charge in [0, 0.05) is 56.5 Å². The van der Waals surface area contributed by atoms with Crippen molar-refractivity contribution in [1.82, 2.24) is 24.3 Å². The molecule has 2 aliphatic rings. The molecule has 7 heteroatoms. The van der Waals surface area contributed by atoms with Gasteiger partial charge in [-0.05, 0) is 49.4 Å². The van der Waals surface area contributed by atoms with E-state index < -0.39 is 0 Å². The van der Waals surface area contributed by atoms with Crippen LogP contribution in [0.2, 0.25) is 0 Å². The molecule has 2 aromatic heterocycles. The normalized spacial score (nSPS) is 19.3. The first kappa shape index (κ1) is 20.4. The highest BCUT2D eigenvalue weighted by atomic mass is 16.2. The molecule has 2 aliphatic heterocycles. The van der Waals surface area contributed by atoms with E-state index in [9.17, 15) is 9.59 Å². The molecule has 5 rings (SSSR count). The number of fused-ring (bicyclic) bond motifs is 1. The second-order valence-corrected chi connectivity index (χ2v) is 8.51. The zero-order valence-corrected chi connectivity index (χ0v) is 18.0. The lowest BCUT2D eigenvalue weighted by Crippen LogP contribution is -2.45. The van der Waals surface area contributed by atoms with Gasteiger partial charge < -0.3 is 14.4 Å². The van der Waals surface area contributed by atoms with Crippen molar-refractivity contribution in [3.05, 3.63) is 84.2 Å². The number of benzene rings is 1. The summed E-state index contributed by atoms with van der Waals surface area (Å²) in [6.07, 6.45) is 9.72. The lowest BCUT2D eigenvalue weighted by molar-refractivity contribution is 0.0459. The maximum absolute atomic E-state index is 13.5. The number of carbonyl (C=O) groups is 2. The molecule has 2 amide bonds. The van der Waals surface area contributed by atoms with Crippen LogP contribution in [0.25, 0.3) is 0 Å². The number of aryl methyl sites for hydroxylation is 1. The van der Waals surface area contributed by atoms with Crippen molar-refractivity contribution in [3.8, 4) is 0 Å². The Bertz CT molecular complexity index is 1070. The Morgan fingerprint density at radius 1 is 0.844 bits per heavy atom. The molecule has 1 atom stereocenters. The smallest absolute Gasteiger partial charge is 0.255 e. The van der Waals surface area contributed by atoms with Gasteiger partial charge in [0.15, 0.2) is 0 Å². The first-order valence-electron chi connectivity index (χ1n) is 11.3. The molecular weight excluding hydrogens is 402 g/mol. The summed E-state index contributed by atoms with van der Waals surface area (Å²) < 4.78 is 2.19. The van der Waals surface area contributed by atoms with Gasteiger partial charge >= 0.3 is 0 Å². The van der Waals surface area contributed by atoms with Crippen LogP contribution in [0, 0.1) is 5.92 Å². The summed E-state index contributed by atoms with van der Waals surface area (Å²) in [5.41, 5.74) is 1.33. The Morgan fingerprint density at radius 2 is 1.62 bits per heavy atom. The second kappa shape index (κ2) is 8.94. The van der Waals surface area contributed by atoms with Crippen molar-refractivity contribution >= 4 is 11.8 Å². The van der Waals surface area contributed by atoms with E-state index in [1.54, 1.807) is 18.5 Å². The number of pyridine rings is 1. The highest BCUT2D eigenvalue weighted by Gasteiger charge is 2.39. The van der Waals surface area contributed by atoms with Gasteiger partial charge in [0.2, 0.25) is 0 Å². The lowest BCUT2D eigenvalue weighted by Gasteiger charge is -2.40. The van der Waals surface area contributed by atoms with Crippen molar-refractivity contribution < 1.29 is 9.59 Å². The highest BCUT2D eigenvalue weighted by molar-refractivity contribution is 5.95. The van der Waals surface area contributed by atoms with Crippen molar-refractivity contribution in [2.45, 2.75) is 31.8 Å². The SMILES string of the molecule is O=C(c1cccnc1)N1CCC(C2c3nccn3CCCN2C(=O)c2ccccc2)CC1. The summed E-state index contributed by atoms with van der Waals surface area (Å²) in [5.74, 6) is 1.29. The van der Waals surface area contributed by atoms with Crippen molar-refractivity contribution in [2.75, 3.05) is 19.6 Å². The Hall–Kier alpha value is -3.48. The third-order valence-electron chi connectivity index (χ3n) is 6.61. The van der Waals surface area contributed by atoms with Crippen LogP contribution >= 0.6 is 0 Å². The molecule has 1 aromatic carbocycles. The molecule has 0 bridgehead atoms. The van der Waals surface area contributed by atoms with E-state index in [4.69, 9.17) is 0 Å². The fourth-order valence-corrected chi connectivity index (χ4v) is 5.00. The third kappa shape index (κ3) is 3.90. The predicted molar refractivity (Wildman–Crippen MR) is 120 cm³/mol. The van der Waals surface area contributed by atoms with Crippen LogP contribution in [0.3, 0.4) is 0 Å². The van der Waals surface area contributed by atoms with Crippen molar-refractivity contribution in [1.29, 1.82) is 0 Å². The monoisotopic (exact) mass is 429 g/mol. The molecular formula is C25H27N5O2. The molecule has 164 valence electrons. The summed E-state index contributed by atoms with van der Waals surface area (Å²) >= 11 is 0. The number of aromatic nitrogens is 3. The summed E-state index contributed by atoms with van der Waals surface area (Å²) in [7, 11) is 0.